The van der Waals surface area contributed by atoms with Crippen molar-refractivity contribution in [2.45, 2.75) is 4.90 Å². The molecule has 4 aromatic rings. The molecule has 5 rings (SSSR count). The first kappa shape index (κ1) is 24.7. The molecule has 1 aromatic heterocycles. The van der Waals surface area contributed by atoms with E-state index >= 15 is 4.39 Å². The maximum absolute atomic E-state index is 15.3. The van der Waals surface area contributed by atoms with Gasteiger partial charge in [-0.05, 0) is 48.5 Å². The van der Waals surface area contributed by atoms with Crippen LogP contribution >= 0.6 is 0 Å². The van der Waals surface area contributed by atoms with Crippen LogP contribution in [0.3, 0.4) is 0 Å². The highest BCUT2D eigenvalue weighted by atomic mass is 32.2. The van der Waals surface area contributed by atoms with Crippen LogP contribution in [-0.4, -0.2) is 50.3 Å². The summed E-state index contributed by atoms with van der Waals surface area (Å²) in [5.41, 5.74) is -0.790. The van der Waals surface area contributed by atoms with Crippen molar-refractivity contribution in [1.82, 2.24) is 15.3 Å². The Morgan fingerprint density at radius 3 is 2.51 bits per heavy atom. The summed E-state index contributed by atoms with van der Waals surface area (Å²) in [5.74, 6) is -3.76. The monoisotopic (exact) mass is 527 g/mol. The zero-order chi connectivity index (χ0) is 26.2. The lowest BCUT2D eigenvalue weighted by Crippen LogP contribution is -2.43. The smallest absolute Gasteiger partial charge is 0.262 e. The molecule has 0 aliphatic carbocycles. The highest BCUT2D eigenvalue weighted by molar-refractivity contribution is 7.92. The minimum atomic E-state index is -4.41. The molecule has 12 heteroatoms. The third kappa shape index (κ3) is 4.98. The SMILES string of the molecule is O=C(c1ccc2ncc(N3CCNCC3)nc2c1)c1c(F)ccc(NS(=O)(=O)c2cccc(F)c2)c1F. The lowest BCUT2D eigenvalue weighted by molar-refractivity contribution is 0.103. The van der Waals surface area contributed by atoms with Crippen LogP contribution in [0.5, 0.6) is 0 Å². The van der Waals surface area contributed by atoms with Crippen molar-refractivity contribution >= 4 is 38.3 Å². The molecule has 0 unspecified atom stereocenters. The molecule has 3 aromatic carbocycles. The molecule has 0 spiro atoms. The second-order valence-electron chi connectivity index (χ2n) is 8.34. The Morgan fingerprint density at radius 2 is 1.76 bits per heavy atom. The maximum Gasteiger partial charge on any atom is 0.262 e. The van der Waals surface area contributed by atoms with Crippen molar-refractivity contribution in [3.05, 3.63) is 89.4 Å². The first-order valence-corrected chi connectivity index (χ1v) is 12.7. The van der Waals surface area contributed by atoms with E-state index < -0.39 is 49.4 Å². The van der Waals surface area contributed by atoms with Gasteiger partial charge in [0.05, 0.1) is 33.4 Å². The molecule has 0 amide bonds. The minimum absolute atomic E-state index is 0.0535. The van der Waals surface area contributed by atoms with Gasteiger partial charge in [0.2, 0.25) is 0 Å². The number of hydrogen-bond acceptors (Lipinski definition) is 7. The lowest BCUT2D eigenvalue weighted by Gasteiger charge is -2.28. The van der Waals surface area contributed by atoms with Crippen molar-refractivity contribution < 1.29 is 26.4 Å². The summed E-state index contributed by atoms with van der Waals surface area (Å²) in [5, 5.41) is 3.24. The number of piperazine rings is 1. The van der Waals surface area contributed by atoms with E-state index in [1.807, 2.05) is 9.62 Å². The molecule has 1 fully saturated rings. The maximum atomic E-state index is 15.3. The third-order valence-corrected chi connectivity index (χ3v) is 7.26. The zero-order valence-corrected chi connectivity index (χ0v) is 20.0. The fourth-order valence-electron chi connectivity index (χ4n) is 4.01. The Hall–Kier alpha value is -4.03. The van der Waals surface area contributed by atoms with Gasteiger partial charge in [-0.25, -0.2) is 26.6 Å². The van der Waals surface area contributed by atoms with Crippen molar-refractivity contribution in [2.24, 2.45) is 0 Å². The number of rotatable bonds is 6. The number of carbonyl (C=O) groups excluding carboxylic acids is 1. The predicted molar refractivity (Wildman–Crippen MR) is 132 cm³/mol. The minimum Gasteiger partial charge on any atom is -0.353 e. The van der Waals surface area contributed by atoms with E-state index in [-0.39, 0.29) is 5.56 Å². The number of benzene rings is 3. The highest BCUT2D eigenvalue weighted by Crippen LogP contribution is 2.27. The number of halogens is 3. The summed E-state index contributed by atoms with van der Waals surface area (Å²) in [6.45, 7) is 3.04. The predicted octanol–water partition coefficient (Wildman–Crippen LogP) is 3.49. The molecule has 1 aliphatic rings. The number of nitrogens with one attached hydrogen (secondary N) is 2. The molecule has 1 saturated heterocycles. The standard InChI is InChI=1S/C25H20F3N5O3S/c26-16-2-1-3-17(13-16)37(35,36)32-20-7-5-18(27)23(24(20)28)25(34)15-4-6-19-21(12-15)31-22(14-30-19)33-10-8-29-9-11-33/h1-7,12-14,29,32H,8-11H2. The van der Waals surface area contributed by atoms with Gasteiger partial charge in [0.15, 0.2) is 11.6 Å². The third-order valence-electron chi connectivity index (χ3n) is 5.90. The van der Waals surface area contributed by atoms with Crippen LogP contribution in [0.4, 0.5) is 24.7 Å². The van der Waals surface area contributed by atoms with Crippen LogP contribution < -0.4 is 14.9 Å². The number of ketones is 1. The zero-order valence-electron chi connectivity index (χ0n) is 19.2. The van der Waals surface area contributed by atoms with Crippen LogP contribution in [0.2, 0.25) is 0 Å². The molecular formula is C25H20F3N5O3S. The van der Waals surface area contributed by atoms with Crippen molar-refractivity contribution in [3.8, 4) is 0 Å². The highest BCUT2D eigenvalue weighted by Gasteiger charge is 2.25. The number of hydrogen-bond donors (Lipinski definition) is 2. The van der Waals surface area contributed by atoms with E-state index in [2.05, 4.69) is 15.3 Å². The molecule has 8 nitrogen and oxygen atoms in total. The van der Waals surface area contributed by atoms with Gasteiger partial charge in [-0.2, -0.15) is 0 Å². The molecule has 0 saturated carbocycles. The average Bonchev–Trinajstić information content (AvgIpc) is 2.90. The second kappa shape index (κ2) is 9.79. The topological polar surface area (TPSA) is 104 Å². The second-order valence-corrected chi connectivity index (χ2v) is 10.0. The van der Waals surface area contributed by atoms with E-state index in [0.717, 1.165) is 56.5 Å². The number of sulfonamides is 1. The summed E-state index contributed by atoms with van der Waals surface area (Å²) >= 11 is 0. The van der Waals surface area contributed by atoms with Gasteiger partial charge in [-0.1, -0.05) is 6.07 Å². The Morgan fingerprint density at radius 1 is 0.973 bits per heavy atom. The normalized spacial score (nSPS) is 14.1. The van der Waals surface area contributed by atoms with E-state index in [1.165, 1.54) is 24.3 Å². The van der Waals surface area contributed by atoms with Crippen LogP contribution in [0.1, 0.15) is 15.9 Å². The Kier molecular flexibility index (Phi) is 6.52. The Balaban J connectivity index is 1.48. The summed E-state index contributed by atoms with van der Waals surface area (Å²) in [6.07, 6.45) is 1.63. The van der Waals surface area contributed by atoms with Crippen LogP contribution in [0, 0.1) is 17.5 Å². The molecule has 190 valence electrons. The van der Waals surface area contributed by atoms with Crippen LogP contribution in [0.25, 0.3) is 11.0 Å². The van der Waals surface area contributed by atoms with Gasteiger partial charge in [0, 0.05) is 31.7 Å². The number of nitrogens with zero attached hydrogens (tertiary/aromatic N) is 3. The molecule has 0 bridgehead atoms. The van der Waals surface area contributed by atoms with E-state index in [1.54, 1.807) is 6.20 Å². The molecule has 1 aliphatic heterocycles. The van der Waals surface area contributed by atoms with Gasteiger partial charge in [-0.3, -0.25) is 14.5 Å². The van der Waals surface area contributed by atoms with Crippen molar-refractivity contribution in [1.29, 1.82) is 0 Å². The van der Waals surface area contributed by atoms with Gasteiger partial charge in [0.1, 0.15) is 17.5 Å². The van der Waals surface area contributed by atoms with Gasteiger partial charge >= 0.3 is 0 Å². The number of anilines is 2. The fourth-order valence-corrected chi connectivity index (χ4v) is 5.10. The molecule has 37 heavy (non-hydrogen) atoms. The molecule has 2 heterocycles. The lowest BCUT2D eigenvalue weighted by atomic mass is 10.0. The van der Waals surface area contributed by atoms with E-state index in [0.29, 0.717) is 16.9 Å². The molecular weight excluding hydrogens is 507 g/mol. The number of aromatic nitrogens is 2. The molecule has 0 radical (unpaired) electrons. The van der Waals surface area contributed by atoms with Crippen LogP contribution in [-0.2, 0) is 10.0 Å². The van der Waals surface area contributed by atoms with E-state index in [4.69, 9.17) is 0 Å². The van der Waals surface area contributed by atoms with Crippen molar-refractivity contribution in [3.63, 3.8) is 0 Å². The molecule has 0 atom stereocenters. The summed E-state index contributed by atoms with van der Waals surface area (Å²) in [7, 11) is -4.41. The van der Waals surface area contributed by atoms with Crippen LogP contribution in [0.15, 0.2) is 65.7 Å². The summed E-state index contributed by atoms with van der Waals surface area (Å²) in [6, 6.07) is 10.00. The first-order valence-electron chi connectivity index (χ1n) is 11.3. The quantitative estimate of drug-likeness (QED) is 0.370. The number of carbonyl (C=O) groups is 1. The summed E-state index contributed by atoms with van der Waals surface area (Å²) in [4.78, 5) is 23.7. The van der Waals surface area contributed by atoms with E-state index in [9.17, 15) is 22.0 Å². The van der Waals surface area contributed by atoms with Gasteiger partial charge in [0.25, 0.3) is 10.0 Å². The largest absolute Gasteiger partial charge is 0.353 e. The molecule has 2 N–H and O–H groups in total. The average molecular weight is 528 g/mol. The van der Waals surface area contributed by atoms with Crippen molar-refractivity contribution in [2.75, 3.05) is 35.8 Å². The van der Waals surface area contributed by atoms with Gasteiger partial charge < -0.3 is 10.2 Å². The van der Waals surface area contributed by atoms with Gasteiger partial charge in [-0.15, -0.1) is 0 Å². The Bertz CT molecular complexity index is 1630. The fraction of sp³-hybridized carbons (Fsp3) is 0.160. The Labute approximate surface area is 210 Å². The number of fused-ring (bicyclic) bond motifs is 1. The first-order chi connectivity index (χ1) is 17.7. The summed E-state index contributed by atoms with van der Waals surface area (Å²) < 4.78 is 70.6.